The lowest BCUT2D eigenvalue weighted by atomic mass is 9.83. The molecule has 0 aliphatic heterocycles. The van der Waals surface area contributed by atoms with Crippen molar-refractivity contribution in [3.05, 3.63) is 41.6 Å². The number of benzene rings is 1. The summed E-state index contributed by atoms with van der Waals surface area (Å²) in [6.45, 7) is 1.68. The number of hydrogen-bond donors (Lipinski definition) is 1. The number of hydrogen-bond acceptors (Lipinski definition) is 3. The summed E-state index contributed by atoms with van der Waals surface area (Å²) in [5.41, 5.74) is 2.50. The molecule has 2 aliphatic rings. The van der Waals surface area contributed by atoms with Gasteiger partial charge in [0.15, 0.2) is 0 Å². The third-order valence-electron chi connectivity index (χ3n) is 5.00. The van der Waals surface area contributed by atoms with Crippen molar-refractivity contribution in [2.24, 2.45) is 13.0 Å². The highest BCUT2D eigenvalue weighted by Crippen LogP contribution is 2.36. The maximum absolute atomic E-state index is 5.78. The average molecular weight is 311 g/mol. The third-order valence-corrected chi connectivity index (χ3v) is 5.00. The van der Waals surface area contributed by atoms with E-state index in [0.717, 1.165) is 30.6 Å². The summed E-state index contributed by atoms with van der Waals surface area (Å²) in [5, 5.41) is 8.13. The Balaban J connectivity index is 1.32. The lowest BCUT2D eigenvalue weighted by molar-refractivity contribution is 0.299. The van der Waals surface area contributed by atoms with Crippen molar-refractivity contribution in [3.63, 3.8) is 0 Å². The molecule has 0 saturated heterocycles. The van der Waals surface area contributed by atoms with E-state index in [1.165, 1.54) is 43.4 Å². The SMILES string of the molecule is Cn1nc(C2CCC2)cc1NCc1ccc(OCC2CC2)cc1. The topological polar surface area (TPSA) is 39.1 Å². The van der Waals surface area contributed by atoms with E-state index in [9.17, 15) is 0 Å². The minimum Gasteiger partial charge on any atom is -0.493 e. The molecule has 0 radical (unpaired) electrons. The van der Waals surface area contributed by atoms with Crippen LogP contribution < -0.4 is 10.1 Å². The fraction of sp³-hybridized carbons (Fsp3) is 0.526. The van der Waals surface area contributed by atoms with Crippen molar-refractivity contribution in [1.29, 1.82) is 0 Å². The largest absolute Gasteiger partial charge is 0.493 e. The molecule has 0 atom stereocenters. The van der Waals surface area contributed by atoms with Crippen LogP contribution in [0.4, 0.5) is 5.82 Å². The zero-order valence-electron chi connectivity index (χ0n) is 13.8. The normalized spacial score (nSPS) is 17.8. The first-order valence-electron chi connectivity index (χ1n) is 8.77. The Morgan fingerprint density at radius 3 is 2.61 bits per heavy atom. The van der Waals surface area contributed by atoms with Crippen LogP contribution in [0.25, 0.3) is 0 Å². The van der Waals surface area contributed by atoms with Gasteiger partial charge >= 0.3 is 0 Å². The molecule has 1 aromatic heterocycles. The number of anilines is 1. The van der Waals surface area contributed by atoms with Crippen LogP contribution in [0.2, 0.25) is 0 Å². The van der Waals surface area contributed by atoms with E-state index in [0.29, 0.717) is 5.92 Å². The van der Waals surface area contributed by atoms with Gasteiger partial charge in [0, 0.05) is 25.6 Å². The highest BCUT2D eigenvalue weighted by molar-refractivity contribution is 5.40. The molecule has 0 unspecified atom stereocenters. The molecule has 1 N–H and O–H groups in total. The first kappa shape index (κ1) is 14.6. The molecule has 2 fully saturated rings. The van der Waals surface area contributed by atoms with Crippen molar-refractivity contribution in [3.8, 4) is 5.75 Å². The van der Waals surface area contributed by atoms with Crippen LogP contribution in [0.1, 0.15) is 49.3 Å². The first-order valence-corrected chi connectivity index (χ1v) is 8.77. The quantitative estimate of drug-likeness (QED) is 0.837. The van der Waals surface area contributed by atoms with Gasteiger partial charge < -0.3 is 10.1 Å². The van der Waals surface area contributed by atoms with Crippen LogP contribution in [-0.4, -0.2) is 16.4 Å². The lowest BCUT2D eigenvalue weighted by Crippen LogP contribution is -2.09. The van der Waals surface area contributed by atoms with Gasteiger partial charge in [0.1, 0.15) is 11.6 Å². The van der Waals surface area contributed by atoms with Gasteiger partial charge in [-0.15, -0.1) is 0 Å². The fourth-order valence-corrected chi connectivity index (χ4v) is 2.95. The molecule has 2 saturated carbocycles. The van der Waals surface area contributed by atoms with Crippen LogP contribution in [0.5, 0.6) is 5.75 Å². The summed E-state index contributed by atoms with van der Waals surface area (Å²) in [4.78, 5) is 0. The predicted molar refractivity (Wildman–Crippen MR) is 91.8 cm³/mol. The van der Waals surface area contributed by atoms with Crippen LogP contribution in [0.15, 0.2) is 30.3 Å². The van der Waals surface area contributed by atoms with Gasteiger partial charge in [0.25, 0.3) is 0 Å². The Labute approximate surface area is 137 Å². The number of nitrogens with zero attached hydrogens (tertiary/aromatic N) is 2. The van der Waals surface area contributed by atoms with Gasteiger partial charge in [-0.2, -0.15) is 5.10 Å². The molecule has 4 nitrogen and oxygen atoms in total. The van der Waals surface area contributed by atoms with E-state index in [-0.39, 0.29) is 0 Å². The van der Waals surface area contributed by atoms with E-state index >= 15 is 0 Å². The average Bonchev–Trinajstić information content (AvgIpc) is 3.26. The smallest absolute Gasteiger partial charge is 0.124 e. The van der Waals surface area contributed by atoms with E-state index in [1.807, 2.05) is 11.7 Å². The summed E-state index contributed by atoms with van der Waals surface area (Å²) >= 11 is 0. The molecule has 2 aliphatic carbocycles. The zero-order chi connectivity index (χ0) is 15.6. The molecule has 122 valence electrons. The Morgan fingerprint density at radius 1 is 1.17 bits per heavy atom. The number of aromatic nitrogens is 2. The van der Waals surface area contributed by atoms with Crippen molar-refractivity contribution >= 4 is 5.82 Å². The Morgan fingerprint density at radius 2 is 1.96 bits per heavy atom. The highest BCUT2D eigenvalue weighted by atomic mass is 16.5. The highest BCUT2D eigenvalue weighted by Gasteiger charge is 2.23. The van der Waals surface area contributed by atoms with Crippen molar-refractivity contribution in [2.75, 3.05) is 11.9 Å². The molecule has 4 heteroatoms. The van der Waals surface area contributed by atoms with Crippen molar-refractivity contribution in [1.82, 2.24) is 9.78 Å². The van der Waals surface area contributed by atoms with Gasteiger partial charge in [-0.25, -0.2) is 0 Å². The summed E-state index contributed by atoms with van der Waals surface area (Å²) < 4.78 is 7.74. The number of rotatable bonds is 7. The van der Waals surface area contributed by atoms with E-state index < -0.39 is 0 Å². The maximum atomic E-state index is 5.78. The third kappa shape index (κ3) is 3.52. The van der Waals surface area contributed by atoms with Crippen LogP contribution >= 0.6 is 0 Å². The fourth-order valence-electron chi connectivity index (χ4n) is 2.95. The number of aryl methyl sites for hydroxylation is 1. The number of ether oxygens (including phenoxy) is 1. The van der Waals surface area contributed by atoms with Crippen LogP contribution in [-0.2, 0) is 13.6 Å². The predicted octanol–water partition coefficient (Wildman–Crippen LogP) is 4.09. The van der Waals surface area contributed by atoms with Gasteiger partial charge in [-0.3, -0.25) is 4.68 Å². The minimum absolute atomic E-state index is 0.680. The second kappa shape index (κ2) is 6.26. The van der Waals surface area contributed by atoms with Gasteiger partial charge in [0.2, 0.25) is 0 Å². The Hall–Kier alpha value is -1.97. The van der Waals surface area contributed by atoms with Gasteiger partial charge in [0.05, 0.1) is 12.3 Å². The summed E-state index contributed by atoms with van der Waals surface area (Å²) in [5.74, 6) is 3.56. The molecular formula is C19H25N3O. The second-order valence-electron chi connectivity index (χ2n) is 6.96. The number of nitrogens with one attached hydrogen (secondary N) is 1. The summed E-state index contributed by atoms with van der Waals surface area (Å²) in [7, 11) is 2.01. The van der Waals surface area contributed by atoms with Gasteiger partial charge in [-0.05, 0) is 49.3 Å². The maximum Gasteiger partial charge on any atom is 0.124 e. The Kier molecular flexibility index (Phi) is 3.98. The molecule has 0 bridgehead atoms. The zero-order valence-corrected chi connectivity index (χ0v) is 13.8. The van der Waals surface area contributed by atoms with Crippen LogP contribution in [0.3, 0.4) is 0 Å². The monoisotopic (exact) mass is 311 g/mol. The molecule has 0 amide bonds. The van der Waals surface area contributed by atoms with Gasteiger partial charge in [-0.1, -0.05) is 18.6 Å². The lowest BCUT2D eigenvalue weighted by Gasteiger charge is -2.22. The van der Waals surface area contributed by atoms with E-state index in [4.69, 9.17) is 4.74 Å². The summed E-state index contributed by atoms with van der Waals surface area (Å²) in [6.07, 6.45) is 6.59. The van der Waals surface area contributed by atoms with Crippen LogP contribution in [0, 0.1) is 5.92 Å². The molecule has 1 heterocycles. The Bertz CT molecular complexity index is 654. The second-order valence-corrected chi connectivity index (χ2v) is 6.96. The van der Waals surface area contributed by atoms with Crippen molar-refractivity contribution in [2.45, 2.75) is 44.6 Å². The minimum atomic E-state index is 0.680. The molecular weight excluding hydrogens is 286 g/mol. The first-order chi connectivity index (χ1) is 11.3. The molecule has 4 rings (SSSR count). The standard InChI is InChI=1S/C19H25N3O/c1-22-19(11-18(21-22)16-3-2-4-16)20-12-14-7-9-17(10-8-14)23-13-15-5-6-15/h7-11,15-16,20H,2-6,12-13H2,1H3. The molecule has 23 heavy (non-hydrogen) atoms. The molecule has 0 spiro atoms. The van der Waals surface area contributed by atoms with Crippen molar-refractivity contribution < 1.29 is 4.74 Å². The molecule has 2 aromatic rings. The van der Waals surface area contributed by atoms with E-state index in [2.05, 4.69) is 40.7 Å². The molecule has 1 aromatic carbocycles. The van der Waals surface area contributed by atoms with E-state index in [1.54, 1.807) is 0 Å². The summed E-state index contributed by atoms with van der Waals surface area (Å²) in [6, 6.07) is 10.6.